The van der Waals surface area contributed by atoms with Crippen LogP contribution in [-0.4, -0.2) is 49.3 Å². The van der Waals surface area contributed by atoms with Gasteiger partial charge in [-0.2, -0.15) is 0 Å². The van der Waals surface area contributed by atoms with E-state index in [4.69, 9.17) is 9.47 Å². The number of rotatable bonds is 6. The molecule has 0 aliphatic rings. The normalized spacial score (nSPS) is 11.5. The first-order chi connectivity index (χ1) is 11.5. The van der Waals surface area contributed by atoms with E-state index in [1.165, 1.54) is 0 Å². The maximum Gasteiger partial charge on any atom is 0.260 e. The van der Waals surface area contributed by atoms with Crippen molar-refractivity contribution in [2.45, 2.75) is 13.0 Å². The highest BCUT2D eigenvalue weighted by Gasteiger charge is 2.14. The molecule has 0 atom stereocenters. The van der Waals surface area contributed by atoms with Crippen LogP contribution in [0.15, 0.2) is 29.2 Å². The monoisotopic (exact) mass is 329 g/mol. The van der Waals surface area contributed by atoms with E-state index in [2.05, 4.69) is 9.88 Å². The quantitative estimate of drug-likeness (QED) is 0.755. The molecule has 3 aromatic rings. The van der Waals surface area contributed by atoms with Crippen LogP contribution in [0.2, 0.25) is 0 Å². The van der Waals surface area contributed by atoms with Crippen LogP contribution in [0.5, 0.6) is 11.5 Å². The lowest BCUT2D eigenvalue weighted by molar-refractivity contribution is 0.356. The van der Waals surface area contributed by atoms with Gasteiger partial charge >= 0.3 is 0 Å². The summed E-state index contributed by atoms with van der Waals surface area (Å²) in [5.74, 6) is 1.26. The van der Waals surface area contributed by atoms with E-state index in [-0.39, 0.29) is 5.56 Å². The van der Waals surface area contributed by atoms with Crippen molar-refractivity contribution in [2.75, 3.05) is 34.9 Å². The lowest BCUT2D eigenvalue weighted by atomic mass is 10.1. The van der Waals surface area contributed by atoms with Gasteiger partial charge in [-0.05, 0) is 39.2 Å². The molecule has 0 amide bonds. The molecular formula is C18H23N3O3. The molecule has 0 aliphatic carbocycles. The van der Waals surface area contributed by atoms with Crippen LogP contribution in [0, 0.1) is 0 Å². The van der Waals surface area contributed by atoms with Gasteiger partial charge in [0.2, 0.25) is 0 Å². The number of aromatic nitrogens is 2. The van der Waals surface area contributed by atoms with Crippen LogP contribution in [0.4, 0.5) is 0 Å². The largest absolute Gasteiger partial charge is 0.493 e. The van der Waals surface area contributed by atoms with E-state index in [9.17, 15) is 4.79 Å². The number of pyridine rings is 1. The zero-order valence-corrected chi connectivity index (χ0v) is 14.5. The van der Waals surface area contributed by atoms with Crippen molar-refractivity contribution in [3.63, 3.8) is 0 Å². The van der Waals surface area contributed by atoms with E-state index in [0.29, 0.717) is 23.4 Å². The van der Waals surface area contributed by atoms with Crippen LogP contribution >= 0.6 is 0 Å². The van der Waals surface area contributed by atoms with Gasteiger partial charge in [-0.3, -0.25) is 4.79 Å². The molecule has 0 saturated carbocycles. The third kappa shape index (κ3) is 2.85. The fourth-order valence-electron chi connectivity index (χ4n) is 3.01. The second-order valence-corrected chi connectivity index (χ2v) is 6.14. The van der Waals surface area contributed by atoms with E-state index in [1.807, 2.05) is 38.5 Å². The summed E-state index contributed by atoms with van der Waals surface area (Å²) in [6.45, 7) is 1.65. The third-order valence-electron chi connectivity index (χ3n) is 4.23. The summed E-state index contributed by atoms with van der Waals surface area (Å²) in [5.41, 5.74) is 1.71. The zero-order chi connectivity index (χ0) is 17.3. The second kappa shape index (κ2) is 6.57. The molecule has 2 heterocycles. The van der Waals surface area contributed by atoms with Gasteiger partial charge in [0, 0.05) is 24.2 Å². The van der Waals surface area contributed by atoms with Crippen molar-refractivity contribution < 1.29 is 9.47 Å². The minimum atomic E-state index is 0.0183. The topological polar surface area (TPSA) is 59.5 Å². The van der Waals surface area contributed by atoms with Gasteiger partial charge in [-0.1, -0.05) is 0 Å². The Hall–Kier alpha value is -2.47. The number of methoxy groups -OCH3 is 2. The molecule has 1 N–H and O–H groups in total. The number of aryl methyl sites for hydroxylation is 1. The van der Waals surface area contributed by atoms with Crippen molar-refractivity contribution in [1.29, 1.82) is 0 Å². The van der Waals surface area contributed by atoms with Gasteiger partial charge in [-0.25, -0.2) is 0 Å². The number of benzene rings is 1. The number of hydrogen-bond acceptors (Lipinski definition) is 4. The average Bonchev–Trinajstić information content (AvgIpc) is 2.93. The smallest absolute Gasteiger partial charge is 0.260 e. The van der Waals surface area contributed by atoms with Gasteiger partial charge in [0.05, 0.1) is 30.6 Å². The van der Waals surface area contributed by atoms with E-state index < -0.39 is 0 Å². The number of aromatic amines is 1. The fraction of sp³-hybridized carbons (Fsp3) is 0.389. The number of ether oxygens (including phenoxy) is 2. The van der Waals surface area contributed by atoms with Crippen LogP contribution < -0.4 is 15.0 Å². The van der Waals surface area contributed by atoms with Crippen molar-refractivity contribution in [1.82, 2.24) is 14.5 Å². The molecule has 0 bridgehead atoms. The predicted octanol–water partition coefficient (Wildman–Crippen LogP) is 2.45. The SMILES string of the molecule is COc1cc2[nH]c3ccn(CCCN(C)C)c(=O)c3c2cc1OC. The average molecular weight is 329 g/mol. The number of fused-ring (bicyclic) bond motifs is 3. The maximum atomic E-state index is 12.9. The highest BCUT2D eigenvalue weighted by molar-refractivity contribution is 6.07. The Kier molecular flexibility index (Phi) is 4.49. The molecule has 0 saturated heterocycles. The first-order valence-corrected chi connectivity index (χ1v) is 7.96. The summed E-state index contributed by atoms with van der Waals surface area (Å²) in [5, 5.41) is 1.55. The Labute approximate surface area is 140 Å². The molecule has 3 rings (SSSR count). The molecule has 6 nitrogen and oxygen atoms in total. The summed E-state index contributed by atoms with van der Waals surface area (Å²) in [6.07, 6.45) is 2.78. The molecule has 1 aromatic carbocycles. The summed E-state index contributed by atoms with van der Waals surface area (Å²) in [7, 11) is 7.26. The van der Waals surface area contributed by atoms with Gasteiger partial charge in [0.25, 0.3) is 5.56 Å². The number of hydrogen-bond donors (Lipinski definition) is 1. The Morgan fingerprint density at radius 1 is 1.12 bits per heavy atom. The molecule has 0 fully saturated rings. The number of nitrogens with zero attached hydrogens (tertiary/aromatic N) is 2. The van der Waals surface area contributed by atoms with Gasteiger partial charge in [-0.15, -0.1) is 0 Å². The number of nitrogens with one attached hydrogen (secondary N) is 1. The van der Waals surface area contributed by atoms with Crippen LogP contribution in [0.25, 0.3) is 21.8 Å². The van der Waals surface area contributed by atoms with Crippen molar-refractivity contribution in [3.05, 3.63) is 34.7 Å². The first-order valence-electron chi connectivity index (χ1n) is 7.96. The lowest BCUT2D eigenvalue weighted by Crippen LogP contribution is -2.22. The number of H-pyrrole nitrogens is 1. The molecule has 0 aliphatic heterocycles. The molecule has 0 radical (unpaired) electrons. The van der Waals surface area contributed by atoms with Crippen molar-refractivity contribution in [2.24, 2.45) is 0 Å². The highest BCUT2D eigenvalue weighted by atomic mass is 16.5. The summed E-state index contributed by atoms with van der Waals surface area (Å²) < 4.78 is 12.5. The second-order valence-electron chi connectivity index (χ2n) is 6.14. The van der Waals surface area contributed by atoms with Crippen molar-refractivity contribution in [3.8, 4) is 11.5 Å². The Bertz CT molecular complexity index is 925. The van der Waals surface area contributed by atoms with E-state index >= 15 is 0 Å². The highest BCUT2D eigenvalue weighted by Crippen LogP contribution is 2.34. The third-order valence-corrected chi connectivity index (χ3v) is 4.23. The zero-order valence-electron chi connectivity index (χ0n) is 14.5. The van der Waals surface area contributed by atoms with Crippen LogP contribution in [-0.2, 0) is 6.54 Å². The predicted molar refractivity (Wildman–Crippen MR) is 96.3 cm³/mol. The van der Waals surface area contributed by atoms with E-state index in [0.717, 1.165) is 29.4 Å². The summed E-state index contributed by atoms with van der Waals surface area (Å²) in [4.78, 5) is 18.3. The fourth-order valence-corrected chi connectivity index (χ4v) is 3.01. The Balaban J connectivity index is 2.12. The Morgan fingerprint density at radius 2 is 1.83 bits per heavy atom. The van der Waals surface area contributed by atoms with Crippen molar-refractivity contribution >= 4 is 21.8 Å². The first kappa shape index (κ1) is 16.4. The maximum absolute atomic E-state index is 12.9. The molecule has 128 valence electrons. The van der Waals surface area contributed by atoms with Gasteiger partial charge in [0.1, 0.15) is 0 Å². The van der Waals surface area contributed by atoms with E-state index in [1.54, 1.807) is 18.8 Å². The van der Waals surface area contributed by atoms with Gasteiger partial charge in [0.15, 0.2) is 11.5 Å². The standard InChI is InChI=1S/C18H23N3O3/c1-20(2)7-5-8-21-9-6-13-17(18(21)22)12-10-15(23-3)16(24-4)11-14(12)19-13/h6,9-11,19H,5,7-8H2,1-4H3. The van der Waals surface area contributed by atoms with Crippen LogP contribution in [0.1, 0.15) is 6.42 Å². The molecule has 0 spiro atoms. The van der Waals surface area contributed by atoms with Gasteiger partial charge < -0.3 is 23.9 Å². The summed E-state index contributed by atoms with van der Waals surface area (Å²) >= 11 is 0. The summed E-state index contributed by atoms with van der Waals surface area (Å²) in [6, 6.07) is 5.67. The minimum Gasteiger partial charge on any atom is -0.493 e. The molecular weight excluding hydrogens is 306 g/mol. The lowest BCUT2D eigenvalue weighted by Gasteiger charge is -2.10. The molecule has 6 heteroatoms. The molecule has 0 unspecified atom stereocenters. The molecule has 2 aromatic heterocycles. The Morgan fingerprint density at radius 3 is 2.50 bits per heavy atom. The van der Waals surface area contributed by atoms with Crippen LogP contribution in [0.3, 0.4) is 0 Å². The molecule has 24 heavy (non-hydrogen) atoms. The minimum absolute atomic E-state index is 0.0183.